The average Bonchev–Trinajstić information content (AvgIpc) is 3.57. The fraction of sp³-hybridized carbons (Fsp3) is 0.417. The Hall–Kier alpha value is -4.14. The van der Waals surface area contributed by atoms with Gasteiger partial charge in [-0.15, -0.1) is 0 Å². The number of benzene rings is 1. The van der Waals surface area contributed by atoms with E-state index < -0.39 is 29.5 Å². The van der Waals surface area contributed by atoms with Crippen LogP contribution in [0.5, 0.6) is 0 Å². The topological polar surface area (TPSA) is 170 Å². The minimum Gasteiger partial charge on any atom is -0.388 e. The molecule has 1 aromatic carbocycles. The first-order chi connectivity index (χ1) is 18.3. The van der Waals surface area contributed by atoms with E-state index in [1.807, 2.05) is 18.1 Å². The third kappa shape index (κ3) is 4.12. The molecule has 0 saturated carbocycles. The minimum absolute atomic E-state index is 0.0460. The molecule has 0 spiro atoms. The van der Waals surface area contributed by atoms with Crippen molar-refractivity contribution in [3.63, 3.8) is 0 Å². The number of ether oxygens (including phenoxy) is 1. The molecule has 14 heteroatoms. The summed E-state index contributed by atoms with van der Waals surface area (Å²) in [6, 6.07) is 4.94. The van der Waals surface area contributed by atoms with Crippen molar-refractivity contribution in [3.8, 4) is 0 Å². The van der Waals surface area contributed by atoms with Gasteiger partial charge in [-0.25, -0.2) is 15.0 Å². The standard InChI is InChI=1S/C24H27N9O5/c1-13-19(34)20(35)23(38-13)32-22-18(29-24(32)25-8-14-9-28-30(2)10-14)21(26-12-27-22)31-6-5-15-3-4-17(33(36)37)7-16(15)11-31/h3-4,7,9-10,12-13,19-20,23,34-35H,5-6,8,11H2,1-2H3,(H,25,29)/t13-,19-,20-,23-/m1/s1. The van der Waals surface area contributed by atoms with Crippen LogP contribution >= 0.6 is 0 Å². The molecule has 6 rings (SSSR count). The normalized spacial score (nSPS) is 23.1. The molecule has 14 nitrogen and oxygen atoms in total. The molecule has 0 bridgehead atoms. The third-order valence-electron chi connectivity index (χ3n) is 7.11. The molecule has 4 aromatic rings. The molecule has 0 unspecified atom stereocenters. The molecule has 1 saturated heterocycles. The SMILES string of the molecule is C[C@H]1O[C@@H](n2c(NCc3cnn(C)c3)nc3c(N4CCc5ccc([N+](=O)[O-])cc5C4)ncnc32)[C@H](O)[C@@H]1O. The smallest absolute Gasteiger partial charge is 0.269 e. The Labute approximate surface area is 216 Å². The number of aliphatic hydroxyl groups is 2. The van der Waals surface area contributed by atoms with Crippen molar-refractivity contribution < 1.29 is 19.9 Å². The number of hydrogen-bond acceptors (Lipinski definition) is 11. The van der Waals surface area contributed by atoms with Gasteiger partial charge in [0.25, 0.3) is 5.69 Å². The Balaban J connectivity index is 1.40. The van der Waals surface area contributed by atoms with Crippen molar-refractivity contribution in [2.75, 3.05) is 16.8 Å². The Morgan fingerprint density at radius 1 is 1.24 bits per heavy atom. The largest absolute Gasteiger partial charge is 0.388 e. The van der Waals surface area contributed by atoms with Gasteiger partial charge in [-0.3, -0.25) is 19.4 Å². The number of nitrogens with zero attached hydrogens (tertiary/aromatic N) is 8. The lowest BCUT2D eigenvalue weighted by Crippen LogP contribution is -2.31. The Morgan fingerprint density at radius 3 is 2.79 bits per heavy atom. The minimum atomic E-state index is -1.19. The maximum Gasteiger partial charge on any atom is 0.269 e. The summed E-state index contributed by atoms with van der Waals surface area (Å²) >= 11 is 0. The van der Waals surface area contributed by atoms with Gasteiger partial charge in [0.05, 0.1) is 17.2 Å². The Morgan fingerprint density at radius 2 is 2.08 bits per heavy atom. The highest BCUT2D eigenvalue weighted by Gasteiger charge is 2.43. The molecule has 4 atom stereocenters. The van der Waals surface area contributed by atoms with Gasteiger partial charge in [0.15, 0.2) is 23.2 Å². The van der Waals surface area contributed by atoms with E-state index in [0.29, 0.717) is 49.0 Å². The number of non-ortho nitro benzene ring substituents is 1. The number of imidazole rings is 1. The Kier molecular flexibility index (Phi) is 5.93. The van der Waals surface area contributed by atoms with Gasteiger partial charge >= 0.3 is 0 Å². The molecule has 5 heterocycles. The van der Waals surface area contributed by atoms with Crippen LogP contribution in [0.2, 0.25) is 0 Å². The Bertz CT molecular complexity index is 1520. The van der Waals surface area contributed by atoms with E-state index in [0.717, 1.165) is 16.7 Å². The van der Waals surface area contributed by atoms with E-state index in [2.05, 4.69) is 20.4 Å². The zero-order valence-corrected chi connectivity index (χ0v) is 20.8. The number of hydrogen-bond donors (Lipinski definition) is 3. The summed E-state index contributed by atoms with van der Waals surface area (Å²) in [5.41, 5.74) is 3.81. The van der Waals surface area contributed by atoms with Crippen LogP contribution in [-0.2, 0) is 31.3 Å². The van der Waals surface area contributed by atoms with E-state index in [1.54, 1.807) is 34.5 Å². The molecule has 2 aliphatic heterocycles. The second-order valence-electron chi connectivity index (χ2n) is 9.65. The fourth-order valence-electron chi connectivity index (χ4n) is 5.12. The number of aromatic nitrogens is 6. The second kappa shape index (κ2) is 9.31. The number of anilines is 2. The number of rotatable bonds is 6. The second-order valence-corrected chi connectivity index (χ2v) is 9.65. The highest BCUT2D eigenvalue weighted by molar-refractivity contribution is 5.86. The summed E-state index contributed by atoms with van der Waals surface area (Å²) in [6.45, 7) is 3.16. The molecule has 0 aliphatic carbocycles. The van der Waals surface area contributed by atoms with Crippen LogP contribution in [0.1, 0.15) is 29.8 Å². The lowest BCUT2D eigenvalue weighted by atomic mass is 9.99. The summed E-state index contributed by atoms with van der Waals surface area (Å²) in [5.74, 6) is 0.959. The van der Waals surface area contributed by atoms with Gasteiger partial charge in [-0.2, -0.15) is 5.10 Å². The quantitative estimate of drug-likeness (QED) is 0.247. The monoisotopic (exact) mass is 521 g/mol. The van der Waals surface area contributed by atoms with Crippen molar-refractivity contribution in [1.82, 2.24) is 29.3 Å². The molecule has 198 valence electrons. The maximum atomic E-state index is 11.3. The average molecular weight is 522 g/mol. The highest BCUT2D eigenvalue weighted by Crippen LogP contribution is 2.37. The summed E-state index contributed by atoms with van der Waals surface area (Å²) in [5, 5.41) is 40.0. The van der Waals surface area contributed by atoms with Crippen LogP contribution in [0.4, 0.5) is 17.5 Å². The van der Waals surface area contributed by atoms with E-state index >= 15 is 0 Å². The van der Waals surface area contributed by atoms with Crippen LogP contribution in [0, 0.1) is 10.1 Å². The molecule has 3 N–H and O–H groups in total. The maximum absolute atomic E-state index is 11.3. The summed E-state index contributed by atoms with van der Waals surface area (Å²) < 4.78 is 9.28. The predicted octanol–water partition coefficient (Wildman–Crippen LogP) is 1.28. The van der Waals surface area contributed by atoms with Crippen LogP contribution < -0.4 is 10.2 Å². The van der Waals surface area contributed by atoms with E-state index in [4.69, 9.17) is 9.72 Å². The van der Waals surface area contributed by atoms with Crippen LogP contribution in [0.25, 0.3) is 11.2 Å². The van der Waals surface area contributed by atoms with Crippen molar-refractivity contribution in [2.45, 2.75) is 51.0 Å². The van der Waals surface area contributed by atoms with Crippen LogP contribution in [-0.4, -0.2) is 69.3 Å². The first-order valence-corrected chi connectivity index (χ1v) is 12.3. The van der Waals surface area contributed by atoms with E-state index in [9.17, 15) is 20.3 Å². The molecule has 1 fully saturated rings. The summed E-state index contributed by atoms with van der Waals surface area (Å²) in [7, 11) is 1.83. The zero-order valence-electron chi connectivity index (χ0n) is 20.8. The van der Waals surface area contributed by atoms with Crippen molar-refractivity contribution in [2.24, 2.45) is 7.05 Å². The van der Waals surface area contributed by atoms with Gasteiger partial charge in [0, 0.05) is 50.6 Å². The lowest BCUT2D eigenvalue weighted by molar-refractivity contribution is -0.384. The van der Waals surface area contributed by atoms with Gasteiger partial charge < -0.3 is 25.2 Å². The first-order valence-electron chi connectivity index (χ1n) is 12.3. The molecule has 3 aromatic heterocycles. The molecule has 38 heavy (non-hydrogen) atoms. The number of nitro benzene ring substituents is 1. The lowest BCUT2D eigenvalue weighted by Gasteiger charge is -2.29. The zero-order chi connectivity index (χ0) is 26.6. The number of nitro groups is 1. The number of aryl methyl sites for hydroxylation is 1. The van der Waals surface area contributed by atoms with E-state index in [-0.39, 0.29) is 5.69 Å². The molecular weight excluding hydrogens is 494 g/mol. The van der Waals surface area contributed by atoms with Gasteiger partial charge in [-0.05, 0) is 24.5 Å². The summed E-state index contributed by atoms with van der Waals surface area (Å²) in [6.07, 6.45) is 1.96. The van der Waals surface area contributed by atoms with E-state index in [1.165, 1.54) is 12.4 Å². The predicted molar refractivity (Wildman–Crippen MR) is 135 cm³/mol. The number of aliphatic hydroxyl groups excluding tert-OH is 2. The fourth-order valence-corrected chi connectivity index (χ4v) is 5.12. The van der Waals surface area contributed by atoms with Gasteiger partial charge in [0.1, 0.15) is 18.5 Å². The van der Waals surface area contributed by atoms with Gasteiger partial charge in [-0.1, -0.05) is 6.07 Å². The van der Waals surface area contributed by atoms with Gasteiger partial charge in [0.2, 0.25) is 5.95 Å². The molecule has 0 amide bonds. The highest BCUT2D eigenvalue weighted by atomic mass is 16.6. The van der Waals surface area contributed by atoms with Crippen molar-refractivity contribution >= 4 is 28.6 Å². The molecular formula is C24H27N9O5. The van der Waals surface area contributed by atoms with Crippen LogP contribution in [0.15, 0.2) is 36.9 Å². The summed E-state index contributed by atoms with van der Waals surface area (Å²) in [4.78, 5) is 26.7. The molecule has 2 aliphatic rings. The number of fused-ring (bicyclic) bond motifs is 2. The van der Waals surface area contributed by atoms with Crippen molar-refractivity contribution in [1.29, 1.82) is 0 Å². The van der Waals surface area contributed by atoms with Crippen molar-refractivity contribution in [3.05, 3.63) is 63.7 Å². The third-order valence-corrected chi connectivity index (χ3v) is 7.11. The first kappa shape index (κ1) is 24.2. The number of nitrogens with one attached hydrogen (secondary N) is 1. The molecule has 0 radical (unpaired) electrons. The van der Waals surface area contributed by atoms with Crippen LogP contribution in [0.3, 0.4) is 0 Å².